The lowest BCUT2D eigenvalue weighted by molar-refractivity contribution is -0.300. The van der Waals surface area contributed by atoms with Crippen LogP contribution in [0.4, 0.5) is 0 Å². The Morgan fingerprint density at radius 2 is 1.88 bits per heavy atom. The molecular weight excluding hydrogens is 216 g/mol. The maximum absolute atomic E-state index is 10.8. The zero-order chi connectivity index (χ0) is 12.3. The van der Waals surface area contributed by atoms with E-state index in [0.29, 0.717) is 18.3 Å². The minimum absolute atomic E-state index is 0.00398. The van der Waals surface area contributed by atoms with Gasteiger partial charge in [-0.2, -0.15) is 0 Å². The van der Waals surface area contributed by atoms with Gasteiger partial charge in [0.15, 0.2) is 0 Å². The van der Waals surface area contributed by atoms with Gasteiger partial charge >= 0.3 is 0 Å². The van der Waals surface area contributed by atoms with Crippen molar-refractivity contribution >= 4 is 5.97 Å². The van der Waals surface area contributed by atoms with E-state index in [9.17, 15) is 15.0 Å². The Labute approximate surface area is 102 Å². The summed E-state index contributed by atoms with van der Waals surface area (Å²) in [7, 11) is 0. The fraction of sp³-hybridized carbons (Fsp3) is 0.786. The van der Waals surface area contributed by atoms with E-state index < -0.39 is 11.6 Å². The molecule has 0 spiro atoms. The van der Waals surface area contributed by atoms with Crippen molar-refractivity contribution < 1.29 is 15.0 Å². The summed E-state index contributed by atoms with van der Waals surface area (Å²) in [6.07, 6.45) is 6.47. The first-order chi connectivity index (χ1) is 7.90. The van der Waals surface area contributed by atoms with E-state index in [0.717, 1.165) is 32.1 Å². The average Bonchev–Trinajstić information content (AvgIpc) is 2.11. The zero-order valence-electron chi connectivity index (χ0n) is 10.1. The number of carboxylic acid groups (broad SMARTS) is 1. The van der Waals surface area contributed by atoms with Crippen molar-refractivity contribution in [1.82, 2.24) is 0 Å². The summed E-state index contributed by atoms with van der Waals surface area (Å²) in [4.78, 5) is 10.8. The van der Waals surface area contributed by atoms with Gasteiger partial charge in [-0.25, -0.2) is 0 Å². The number of aliphatic carboxylic acids is 1. The normalized spacial score (nSPS) is 47.1. The standard InChI is InChI=1S/C14H20O3/c1-9(12(15)16)3-13-4-10-2-11(5-13)7-14(17,6-10)8-13/h10-11,17H,1-8H2,(H,15,16)/p-1. The zero-order valence-corrected chi connectivity index (χ0v) is 10.1. The number of carbonyl (C=O) groups is 1. The molecule has 0 aromatic heterocycles. The fourth-order valence-electron chi connectivity index (χ4n) is 5.13. The third kappa shape index (κ3) is 1.81. The molecule has 0 aromatic carbocycles. The first-order valence-electron chi connectivity index (χ1n) is 6.51. The number of hydrogen-bond acceptors (Lipinski definition) is 3. The molecule has 3 nitrogen and oxygen atoms in total. The minimum atomic E-state index is -1.13. The van der Waals surface area contributed by atoms with Crippen LogP contribution >= 0.6 is 0 Å². The van der Waals surface area contributed by atoms with Crippen LogP contribution in [0, 0.1) is 17.3 Å². The van der Waals surface area contributed by atoms with Crippen LogP contribution in [0.15, 0.2) is 12.2 Å². The van der Waals surface area contributed by atoms with E-state index in [4.69, 9.17) is 0 Å². The summed E-state index contributed by atoms with van der Waals surface area (Å²) in [5.74, 6) is 0.0549. The number of carbonyl (C=O) groups excluding carboxylic acids is 1. The lowest BCUT2D eigenvalue weighted by Crippen LogP contribution is -2.55. The molecule has 4 bridgehead atoms. The molecule has 1 N–H and O–H groups in total. The van der Waals surface area contributed by atoms with E-state index in [1.165, 1.54) is 6.42 Å². The van der Waals surface area contributed by atoms with Crippen molar-refractivity contribution in [3.63, 3.8) is 0 Å². The SMILES string of the molecule is C=C(CC12CC3CC(CC(O)(C3)C1)C2)C(=O)[O-]. The highest BCUT2D eigenvalue weighted by atomic mass is 16.4. The van der Waals surface area contributed by atoms with E-state index in [-0.39, 0.29) is 11.0 Å². The van der Waals surface area contributed by atoms with Crippen LogP contribution in [-0.2, 0) is 4.79 Å². The smallest absolute Gasteiger partial charge is 0.0669 e. The van der Waals surface area contributed by atoms with Gasteiger partial charge in [-0.3, -0.25) is 0 Å². The predicted octanol–water partition coefficient (Wildman–Crippen LogP) is 1.01. The Hall–Kier alpha value is -0.830. The summed E-state index contributed by atoms with van der Waals surface area (Å²) in [5, 5.41) is 21.4. The quantitative estimate of drug-likeness (QED) is 0.743. The number of hydrogen-bond donors (Lipinski definition) is 1. The summed E-state index contributed by atoms with van der Waals surface area (Å²) < 4.78 is 0. The maximum atomic E-state index is 10.8. The lowest BCUT2D eigenvalue weighted by Gasteiger charge is -2.60. The third-order valence-electron chi connectivity index (χ3n) is 5.03. The highest BCUT2D eigenvalue weighted by molar-refractivity contribution is 5.83. The topological polar surface area (TPSA) is 60.4 Å². The second-order valence-corrected chi connectivity index (χ2v) is 6.75. The van der Waals surface area contributed by atoms with Crippen molar-refractivity contribution in [3.05, 3.63) is 12.2 Å². The van der Waals surface area contributed by atoms with Gasteiger partial charge in [0.1, 0.15) is 0 Å². The molecule has 4 saturated carbocycles. The van der Waals surface area contributed by atoms with E-state index in [2.05, 4.69) is 6.58 Å². The average molecular weight is 235 g/mol. The highest BCUT2D eigenvalue weighted by Gasteiger charge is 2.56. The van der Waals surface area contributed by atoms with E-state index in [1.54, 1.807) is 0 Å². The summed E-state index contributed by atoms with van der Waals surface area (Å²) in [6.45, 7) is 3.61. The van der Waals surface area contributed by atoms with Gasteiger partial charge in [0.25, 0.3) is 0 Å². The molecule has 4 aliphatic rings. The molecule has 0 radical (unpaired) electrons. The van der Waals surface area contributed by atoms with Crippen LogP contribution < -0.4 is 5.11 Å². The number of aliphatic hydroxyl groups is 1. The first kappa shape index (κ1) is 11.3. The molecule has 3 heteroatoms. The number of carboxylic acids is 1. The summed E-state index contributed by atoms with van der Waals surface area (Å²) >= 11 is 0. The Morgan fingerprint density at radius 1 is 1.29 bits per heavy atom. The molecule has 94 valence electrons. The minimum Gasteiger partial charge on any atom is -0.545 e. The molecular formula is C14H19O3-. The molecule has 0 heterocycles. The van der Waals surface area contributed by atoms with Crippen LogP contribution in [0.2, 0.25) is 0 Å². The molecule has 4 rings (SSSR count). The van der Waals surface area contributed by atoms with Gasteiger partial charge in [-0.05, 0) is 67.8 Å². The van der Waals surface area contributed by atoms with Crippen LogP contribution in [0.25, 0.3) is 0 Å². The predicted molar refractivity (Wildman–Crippen MR) is 60.8 cm³/mol. The maximum Gasteiger partial charge on any atom is 0.0669 e. The second kappa shape index (κ2) is 3.35. The van der Waals surface area contributed by atoms with Gasteiger partial charge in [-0.1, -0.05) is 6.58 Å². The largest absolute Gasteiger partial charge is 0.545 e. The Kier molecular flexibility index (Phi) is 2.22. The van der Waals surface area contributed by atoms with Crippen LogP contribution in [0.1, 0.15) is 44.9 Å². The molecule has 0 aliphatic heterocycles. The summed E-state index contributed by atoms with van der Waals surface area (Å²) in [5.41, 5.74) is -0.317. The Balaban J connectivity index is 1.83. The Bertz CT molecular complexity index is 371. The van der Waals surface area contributed by atoms with Crippen molar-refractivity contribution in [3.8, 4) is 0 Å². The van der Waals surface area contributed by atoms with Gasteiger partial charge in [0, 0.05) is 0 Å². The van der Waals surface area contributed by atoms with Gasteiger partial charge in [0.2, 0.25) is 0 Å². The van der Waals surface area contributed by atoms with Crippen LogP contribution in [-0.4, -0.2) is 16.7 Å². The summed E-state index contributed by atoms with van der Waals surface area (Å²) in [6, 6.07) is 0. The highest BCUT2D eigenvalue weighted by Crippen LogP contribution is 2.63. The van der Waals surface area contributed by atoms with E-state index >= 15 is 0 Å². The molecule has 4 fully saturated rings. The molecule has 0 amide bonds. The molecule has 4 aliphatic carbocycles. The van der Waals surface area contributed by atoms with Crippen LogP contribution in [0.5, 0.6) is 0 Å². The molecule has 2 atom stereocenters. The fourth-order valence-corrected chi connectivity index (χ4v) is 5.13. The van der Waals surface area contributed by atoms with Crippen molar-refractivity contribution in [2.24, 2.45) is 17.3 Å². The molecule has 2 unspecified atom stereocenters. The lowest BCUT2D eigenvalue weighted by atomic mass is 9.47. The van der Waals surface area contributed by atoms with Gasteiger partial charge in [0.05, 0.1) is 11.6 Å². The van der Waals surface area contributed by atoms with Crippen molar-refractivity contribution in [2.45, 2.75) is 50.5 Å². The second-order valence-electron chi connectivity index (χ2n) is 6.75. The van der Waals surface area contributed by atoms with Crippen LogP contribution in [0.3, 0.4) is 0 Å². The first-order valence-corrected chi connectivity index (χ1v) is 6.51. The Morgan fingerprint density at radius 3 is 2.35 bits per heavy atom. The molecule has 0 saturated heterocycles. The van der Waals surface area contributed by atoms with Crippen molar-refractivity contribution in [2.75, 3.05) is 0 Å². The number of rotatable bonds is 3. The molecule has 0 aromatic rings. The van der Waals surface area contributed by atoms with Gasteiger partial charge in [-0.15, -0.1) is 0 Å². The monoisotopic (exact) mass is 235 g/mol. The third-order valence-corrected chi connectivity index (χ3v) is 5.03. The van der Waals surface area contributed by atoms with E-state index in [1.807, 2.05) is 0 Å². The van der Waals surface area contributed by atoms with Crippen molar-refractivity contribution in [1.29, 1.82) is 0 Å². The van der Waals surface area contributed by atoms with Gasteiger partial charge < -0.3 is 15.0 Å². The molecule has 17 heavy (non-hydrogen) atoms.